The van der Waals surface area contributed by atoms with E-state index in [9.17, 15) is 8.42 Å². The number of rotatable bonds is 3. The summed E-state index contributed by atoms with van der Waals surface area (Å²) in [4.78, 5) is 7.31. The number of piperazine rings is 1. The summed E-state index contributed by atoms with van der Waals surface area (Å²) in [5.74, 6) is 0.889. The lowest BCUT2D eigenvalue weighted by atomic mass is 10.2. The van der Waals surface area contributed by atoms with Gasteiger partial charge in [0.2, 0.25) is 16.0 Å². The first kappa shape index (κ1) is 18.0. The number of anilines is 1. The molecule has 7 heteroatoms. The van der Waals surface area contributed by atoms with Crippen molar-refractivity contribution in [2.45, 2.75) is 18.7 Å². The standard InChI is InChI=1S/C20H24N4O2S/c1-15-8-9-16(2)19(14-15)27(25,26)24-12-10-23(11-13-24)20-21-17-6-4-5-7-18(17)22(20)3/h4-9,14H,10-13H2,1-3H3. The minimum absolute atomic E-state index is 0.415. The van der Waals surface area contributed by atoms with Crippen LogP contribution in [0.1, 0.15) is 11.1 Å². The number of imidazole rings is 1. The van der Waals surface area contributed by atoms with Gasteiger partial charge in [0.05, 0.1) is 15.9 Å². The first-order valence-corrected chi connectivity index (χ1v) is 10.6. The highest BCUT2D eigenvalue weighted by atomic mass is 32.2. The lowest BCUT2D eigenvalue weighted by Crippen LogP contribution is -2.49. The van der Waals surface area contributed by atoms with Crippen LogP contribution in [0.3, 0.4) is 0 Å². The monoisotopic (exact) mass is 384 g/mol. The Morgan fingerprint density at radius 3 is 2.37 bits per heavy atom. The minimum atomic E-state index is -3.48. The predicted molar refractivity (Wildman–Crippen MR) is 108 cm³/mol. The first-order valence-electron chi connectivity index (χ1n) is 9.12. The smallest absolute Gasteiger partial charge is 0.243 e. The van der Waals surface area contributed by atoms with E-state index < -0.39 is 10.0 Å². The number of nitrogens with zero attached hydrogens (tertiary/aromatic N) is 4. The lowest BCUT2D eigenvalue weighted by molar-refractivity contribution is 0.381. The number of aromatic nitrogens is 2. The van der Waals surface area contributed by atoms with Gasteiger partial charge in [-0.2, -0.15) is 4.31 Å². The molecule has 1 aliphatic rings. The van der Waals surface area contributed by atoms with Crippen LogP contribution in [0.4, 0.5) is 5.95 Å². The van der Waals surface area contributed by atoms with Crippen LogP contribution in [0.25, 0.3) is 11.0 Å². The Morgan fingerprint density at radius 1 is 0.963 bits per heavy atom. The van der Waals surface area contributed by atoms with E-state index >= 15 is 0 Å². The fourth-order valence-corrected chi connectivity index (χ4v) is 5.40. The molecule has 0 aliphatic carbocycles. The molecule has 1 fully saturated rings. The Bertz CT molecular complexity index is 1100. The summed E-state index contributed by atoms with van der Waals surface area (Å²) in [6.45, 7) is 5.94. The van der Waals surface area contributed by atoms with Gasteiger partial charge >= 0.3 is 0 Å². The van der Waals surface area contributed by atoms with Crippen LogP contribution in [0.5, 0.6) is 0 Å². The van der Waals surface area contributed by atoms with Crippen molar-refractivity contribution in [1.82, 2.24) is 13.9 Å². The zero-order chi connectivity index (χ0) is 19.2. The molecule has 142 valence electrons. The van der Waals surface area contributed by atoms with Crippen molar-refractivity contribution in [1.29, 1.82) is 0 Å². The molecule has 6 nitrogen and oxygen atoms in total. The number of para-hydroxylation sites is 2. The molecule has 1 aliphatic heterocycles. The average Bonchev–Trinajstić information content (AvgIpc) is 3.01. The van der Waals surface area contributed by atoms with Gasteiger partial charge in [0, 0.05) is 33.2 Å². The molecule has 0 saturated carbocycles. The summed E-state index contributed by atoms with van der Waals surface area (Å²) in [6.07, 6.45) is 0. The summed E-state index contributed by atoms with van der Waals surface area (Å²) in [5, 5.41) is 0. The molecule has 0 N–H and O–H groups in total. The second-order valence-corrected chi connectivity index (χ2v) is 9.03. The van der Waals surface area contributed by atoms with Gasteiger partial charge in [-0.05, 0) is 43.2 Å². The molecule has 0 amide bonds. The fourth-order valence-electron chi connectivity index (χ4n) is 3.67. The molecule has 2 aromatic carbocycles. The molecule has 0 spiro atoms. The first-order chi connectivity index (χ1) is 12.9. The highest BCUT2D eigenvalue weighted by Crippen LogP contribution is 2.25. The van der Waals surface area contributed by atoms with Crippen molar-refractivity contribution in [2.24, 2.45) is 7.05 Å². The molecule has 0 atom stereocenters. The normalized spacial score (nSPS) is 16.2. The fraction of sp³-hybridized carbons (Fsp3) is 0.350. The highest BCUT2D eigenvalue weighted by molar-refractivity contribution is 7.89. The molecule has 1 aromatic heterocycles. The Morgan fingerprint density at radius 2 is 1.67 bits per heavy atom. The zero-order valence-corrected chi connectivity index (χ0v) is 16.7. The Kier molecular flexibility index (Phi) is 4.44. The van der Waals surface area contributed by atoms with E-state index in [0.29, 0.717) is 31.1 Å². The molecule has 0 bridgehead atoms. The van der Waals surface area contributed by atoms with Gasteiger partial charge in [0.15, 0.2) is 0 Å². The van der Waals surface area contributed by atoms with Crippen molar-refractivity contribution in [2.75, 3.05) is 31.1 Å². The number of hydrogen-bond donors (Lipinski definition) is 0. The summed E-state index contributed by atoms with van der Waals surface area (Å²) in [5.41, 5.74) is 3.79. The number of fused-ring (bicyclic) bond motifs is 1. The molecule has 27 heavy (non-hydrogen) atoms. The quantitative estimate of drug-likeness (QED) is 0.697. The number of hydrogen-bond acceptors (Lipinski definition) is 4. The minimum Gasteiger partial charge on any atom is -0.340 e. The molecule has 4 rings (SSSR count). The van der Waals surface area contributed by atoms with Gasteiger partial charge in [-0.25, -0.2) is 13.4 Å². The zero-order valence-electron chi connectivity index (χ0n) is 15.9. The molecule has 0 radical (unpaired) electrons. The average molecular weight is 385 g/mol. The van der Waals surface area contributed by atoms with Gasteiger partial charge in [0.25, 0.3) is 0 Å². The largest absolute Gasteiger partial charge is 0.340 e. The predicted octanol–water partition coefficient (Wildman–Crippen LogP) is 2.70. The summed E-state index contributed by atoms with van der Waals surface area (Å²) in [7, 11) is -1.47. The summed E-state index contributed by atoms with van der Waals surface area (Å²) < 4.78 is 29.9. The van der Waals surface area contributed by atoms with Crippen LogP contribution in [0, 0.1) is 13.8 Å². The SMILES string of the molecule is Cc1ccc(C)c(S(=O)(=O)N2CCN(c3nc4ccccc4n3C)CC2)c1. The third-order valence-electron chi connectivity index (χ3n) is 5.25. The van der Waals surface area contributed by atoms with Crippen LogP contribution in [-0.4, -0.2) is 48.5 Å². The summed E-state index contributed by atoms with van der Waals surface area (Å²) >= 11 is 0. The van der Waals surface area contributed by atoms with Gasteiger partial charge in [-0.15, -0.1) is 0 Å². The maximum atomic E-state index is 13.1. The number of aryl methyl sites for hydroxylation is 3. The Balaban J connectivity index is 1.56. The van der Waals surface area contributed by atoms with Crippen molar-refractivity contribution in [3.05, 3.63) is 53.6 Å². The molecule has 3 aromatic rings. The van der Waals surface area contributed by atoms with Crippen LogP contribution in [-0.2, 0) is 17.1 Å². The van der Waals surface area contributed by atoms with Crippen LogP contribution in [0.2, 0.25) is 0 Å². The van der Waals surface area contributed by atoms with E-state index in [2.05, 4.69) is 9.47 Å². The molecule has 2 heterocycles. The van der Waals surface area contributed by atoms with E-state index in [1.54, 1.807) is 10.4 Å². The molecule has 1 saturated heterocycles. The van der Waals surface area contributed by atoms with E-state index in [-0.39, 0.29) is 0 Å². The van der Waals surface area contributed by atoms with Crippen molar-refractivity contribution >= 4 is 27.0 Å². The maximum Gasteiger partial charge on any atom is 0.243 e. The number of benzene rings is 2. The van der Waals surface area contributed by atoms with E-state index in [1.165, 1.54) is 0 Å². The van der Waals surface area contributed by atoms with E-state index in [0.717, 1.165) is 28.1 Å². The third-order valence-corrected chi connectivity index (χ3v) is 7.29. The van der Waals surface area contributed by atoms with Crippen molar-refractivity contribution in [3.63, 3.8) is 0 Å². The molecular weight excluding hydrogens is 360 g/mol. The van der Waals surface area contributed by atoms with Gasteiger partial charge < -0.3 is 9.47 Å². The van der Waals surface area contributed by atoms with E-state index in [1.807, 2.05) is 57.3 Å². The van der Waals surface area contributed by atoms with Crippen molar-refractivity contribution in [3.8, 4) is 0 Å². The van der Waals surface area contributed by atoms with Gasteiger partial charge in [-0.1, -0.05) is 24.3 Å². The van der Waals surface area contributed by atoms with Crippen molar-refractivity contribution < 1.29 is 8.42 Å². The third kappa shape index (κ3) is 3.11. The Labute approximate surface area is 160 Å². The lowest BCUT2D eigenvalue weighted by Gasteiger charge is -2.34. The van der Waals surface area contributed by atoms with Crippen LogP contribution < -0.4 is 4.90 Å². The van der Waals surface area contributed by atoms with Gasteiger partial charge in [0.1, 0.15) is 0 Å². The molecular formula is C20H24N4O2S. The Hall–Kier alpha value is -2.38. The van der Waals surface area contributed by atoms with Crippen LogP contribution in [0.15, 0.2) is 47.4 Å². The molecule has 0 unspecified atom stereocenters. The van der Waals surface area contributed by atoms with Crippen LogP contribution >= 0.6 is 0 Å². The topological polar surface area (TPSA) is 58.4 Å². The summed E-state index contributed by atoms with van der Waals surface area (Å²) in [6, 6.07) is 13.6. The van der Waals surface area contributed by atoms with E-state index in [4.69, 9.17) is 4.98 Å². The highest BCUT2D eigenvalue weighted by Gasteiger charge is 2.30. The van der Waals surface area contributed by atoms with Gasteiger partial charge in [-0.3, -0.25) is 0 Å². The second kappa shape index (κ2) is 6.65. The maximum absolute atomic E-state index is 13.1. The number of sulfonamides is 1. The second-order valence-electron chi connectivity index (χ2n) is 7.12.